The Bertz CT molecular complexity index is 390. The lowest BCUT2D eigenvalue weighted by atomic mass is 9.94. The molecule has 1 saturated heterocycles. The Kier molecular flexibility index (Phi) is 4.87. The third-order valence-corrected chi connectivity index (χ3v) is 3.72. The molecule has 106 valence electrons. The van der Waals surface area contributed by atoms with E-state index in [0.717, 1.165) is 5.56 Å². The maximum atomic E-state index is 13.0. The molecule has 1 fully saturated rings. The number of aliphatic hydroxyl groups is 3. The second-order valence-corrected chi connectivity index (χ2v) is 5.00. The summed E-state index contributed by atoms with van der Waals surface area (Å²) in [5.41, 5.74) is 1.12. The molecule has 0 spiro atoms. The number of β-amino-alcohol motifs (C(OH)–C–C–N with tert-alkyl or cyclic N) is 1. The van der Waals surface area contributed by atoms with Gasteiger partial charge in [-0.15, -0.1) is 0 Å². The van der Waals surface area contributed by atoms with Gasteiger partial charge in [0.1, 0.15) is 18.9 Å². The van der Waals surface area contributed by atoms with Gasteiger partial charge in [0.15, 0.2) is 0 Å². The van der Waals surface area contributed by atoms with Crippen LogP contribution < -0.4 is 0 Å². The lowest BCUT2D eigenvalue weighted by molar-refractivity contribution is -0.140. The predicted molar refractivity (Wildman–Crippen MR) is 69.5 cm³/mol. The van der Waals surface area contributed by atoms with Crippen LogP contribution in [0.3, 0.4) is 0 Å². The van der Waals surface area contributed by atoms with Gasteiger partial charge in [0.05, 0.1) is 12.1 Å². The van der Waals surface area contributed by atoms with Crippen molar-refractivity contribution in [2.24, 2.45) is 0 Å². The van der Waals surface area contributed by atoms with E-state index in [9.17, 15) is 19.7 Å². The number of hydrogen-bond donors (Lipinski definition) is 3. The van der Waals surface area contributed by atoms with Crippen molar-refractivity contribution in [3.8, 4) is 0 Å². The Morgan fingerprint density at radius 3 is 2.42 bits per heavy atom. The van der Waals surface area contributed by atoms with Crippen molar-refractivity contribution in [3.05, 3.63) is 35.9 Å². The maximum absolute atomic E-state index is 13.0. The summed E-state index contributed by atoms with van der Waals surface area (Å²) < 4.78 is 13.0. The van der Waals surface area contributed by atoms with Gasteiger partial charge in [-0.3, -0.25) is 4.90 Å². The summed E-state index contributed by atoms with van der Waals surface area (Å²) >= 11 is 0. The highest BCUT2D eigenvalue weighted by molar-refractivity contribution is 5.15. The molecule has 0 saturated carbocycles. The zero-order valence-electron chi connectivity index (χ0n) is 10.7. The van der Waals surface area contributed by atoms with E-state index in [-0.39, 0.29) is 6.54 Å². The monoisotopic (exact) mass is 269 g/mol. The Morgan fingerprint density at radius 1 is 1.11 bits per heavy atom. The molecular weight excluding hydrogens is 249 g/mol. The molecule has 1 aliphatic heterocycles. The summed E-state index contributed by atoms with van der Waals surface area (Å²) in [6, 6.07) is 9.02. The van der Waals surface area contributed by atoms with E-state index in [0.29, 0.717) is 13.0 Å². The first-order valence-corrected chi connectivity index (χ1v) is 6.51. The topological polar surface area (TPSA) is 63.9 Å². The van der Waals surface area contributed by atoms with Crippen LogP contribution in [0.5, 0.6) is 0 Å². The predicted octanol–water partition coefficient (Wildman–Crippen LogP) is -0.0345. The maximum Gasteiger partial charge on any atom is 0.109 e. The first kappa shape index (κ1) is 14.4. The molecule has 1 heterocycles. The number of likely N-dealkylation sites (tertiary alicyclic amines) is 1. The zero-order valence-corrected chi connectivity index (χ0v) is 10.7. The van der Waals surface area contributed by atoms with E-state index < -0.39 is 31.0 Å². The number of alkyl halides is 1. The van der Waals surface area contributed by atoms with E-state index in [1.54, 1.807) is 4.90 Å². The molecule has 1 aromatic carbocycles. The molecule has 2 rings (SSSR count). The molecule has 0 amide bonds. The third-order valence-electron chi connectivity index (χ3n) is 3.72. The van der Waals surface area contributed by atoms with Crippen LogP contribution in [0, 0.1) is 0 Å². The van der Waals surface area contributed by atoms with E-state index in [2.05, 4.69) is 0 Å². The Hall–Kier alpha value is -1.01. The molecule has 4 atom stereocenters. The third kappa shape index (κ3) is 3.30. The molecule has 0 aromatic heterocycles. The molecule has 0 aliphatic carbocycles. The van der Waals surface area contributed by atoms with Crippen molar-refractivity contribution >= 4 is 0 Å². The normalized spacial score (nSPS) is 32.4. The van der Waals surface area contributed by atoms with Crippen molar-refractivity contribution < 1.29 is 19.7 Å². The number of aliphatic hydroxyl groups excluding tert-OH is 3. The molecule has 1 aliphatic rings. The molecule has 0 unspecified atom stereocenters. The van der Waals surface area contributed by atoms with Gasteiger partial charge in [-0.2, -0.15) is 0 Å². The summed E-state index contributed by atoms with van der Waals surface area (Å²) in [6.07, 6.45) is -2.83. The number of hydrogen-bond acceptors (Lipinski definition) is 4. The van der Waals surface area contributed by atoms with E-state index in [1.165, 1.54) is 0 Å². The van der Waals surface area contributed by atoms with Crippen LogP contribution in [-0.4, -0.2) is 64.3 Å². The van der Waals surface area contributed by atoms with E-state index in [4.69, 9.17) is 0 Å². The minimum atomic E-state index is -1.27. The molecule has 0 radical (unpaired) electrons. The van der Waals surface area contributed by atoms with Crippen LogP contribution in [0.4, 0.5) is 4.39 Å². The van der Waals surface area contributed by atoms with Gasteiger partial charge in [-0.05, 0) is 12.0 Å². The minimum absolute atomic E-state index is 0.180. The molecule has 1 aromatic rings. The fourth-order valence-electron chi connectivity index (χ4n) is 2.52. The highest BCUT2D eigenvalue weighted by Crippen LogP contribution is 2.20. The molecule has 4 nitrogen and oxygen atoms in total. The van der Waals surface area contributed by atoms with Gasteiger partial charge in [0.2, 0.25) is 0 Å². The number of benzene rings is 1. The highest BCUT2D eigenvalue weighted by atomic mass is 19.1. The summed E-state index contributed by atoms with van der Waals surface area (Å²) in [4.78, 5) is 1.70. The van der Waals surface area contributed by atoms with Crippen molar-refractivity contribution in [2.75, 3.05) is 19.8 Å². The Balaban J connectivity index is 1.98. The van der Waals surface area contributed by atoms with Crippen LogP contribution >= 0.6 is 0 Å². The van der Waals surface area contributed by atoms with Crippen molar-refractivity contribution in [1.29, 1.82) is 0 Å². The fraction of sp³-hybridized carbons (Fsp3) is 0.571. The van der Waals surface area contributed by atoms with Gasteiger partial charge >= 0.3 is 0 Å². The number of piperidine rings is 1. The number of nitrogens with zero attached hydrogens (tertiary/aromatic N) is 1. The van der Waals surface area contributed by atoms with Crippen LogP contribution in [0.25, 0.3) is 0 Å². The quantitative estimate of drug-likeness (QED) is 0.718. The van der Waals surface area contributed by atoms with Crippen molar-refractivity contribution in [2.45, 2.75) is 30.8 Å². The molecule has 3 N–H and O–H groups in total. The van der Waals surface area contributed by atoms with Crippen LogP contribution in [0.1, 0.15) is 5.56 Å². The zero-order chi connectivity index (χ0) is 13.8. The van der Waals surface area contributed by atoms with E-state index in [1.807, 2.05) is 30.3 Å². The first-order valence-electron chi connectivity index (χ1n) is 6.51. The average molecular weight is 269 g/mol. The second-order valence-electron chi connectivity index (χ2n) is 5.00. The molecule has 19 heavy (non-hydrogen) atoms. The number of halogens is 1. The lowest BCUT2D eigenvalue weighted by Crippen LogP contribution is -2.62. The van der Waals surface area contributed by atoms with Gasteiger partial charge in [-0.25, -0.2) is 4.39 Å². The van der Waals surface area contributed by atoms with Crippen molar-refractivity contribution in [1.82, 2.24) is 4.90 Å². The summed E-state index contributed by atoms with van der Waals surface area (Å²) in [5.74, 6) is 0. The Labute approximate surface area is 112 Å². The summed E-state index contributed by atoms with van der Waals surface area (Å²) in [6.45, 7) is -0.0151. The minimum Gasteiger partial charge on any atom is -0.389 e. The van der Waals surface area contributed by atoms with Gasteiger partial charge in [0, 0.05) is 13.1 Å². The molecule has 0 bridgehead atoms. The lowest BCUT2D eigenvalue weighted by Gasteiger charge is -2.42. The van der Waals surface area contributed by atoms with E-state index >= 15 is 0 Å². The van der Waals surface area contributed by atoms with Gasteiger partial charge < -0.3 is 15.3 Å². The van der Waals surface area contributed by atoms with Crippen LogP contribution in [0.15, 0.2) is 30.3 Å². The average Bonchev–Trinajstić information content (AvgIpc) is 2.44. The fourth-order valence-corrected chi connectivity index (χ4v) is 2.52. The van der Waals surface area contributed by atoms with Crippen molar-refractivity contribution in [3.63, 3.8) is 0 Å². The standard InChI is InChI=1S/C14H20FNO3/c15-8-11-13(18)14(19)12(17)9-16(11)7-6-10-4-2-1-3-5-10/h1-5,11-14,17-19H,6-9H2/t11-,12+,13-,14-/m1/s1. The number of rotatable bonds is 4. The SMILES string of the molecule is O[C@H]1[C@H](O)[C@@H](O)CN(CCc2ccccc2)[C@@H]1CF. The molecule has 5 heteroatoms. The largest absolute Gasteiger partial charge is 0.389 e. The summed E-state index contributed by atoms with van der Waals surface area (Å²) in [7, 11) is 0. The van der Waals surface area contributed by atoms with Gasteiger partial charge in [-0.1, -0.05) is 30.3 Å². The first-order chi connectivity index (χ1) is 9.13. The summed E-state index contributed by atoms with van der Waals surface area (Å²) in [5, 5.41) is 29.0. The van der Waals surface area contributed by atoms with Crippen LogP contribution in [-0.2, 0) is 6.42 Å². The van der Waals surface area contributed by atoms with Crippen LogP contribution in [0.2, 0.25) is 0 Å². The Morgan fingerprint density at radius 2 is 1.79 bits per heavy atom. The van der Waals surface area contributed by atoms with Gasteiger partial charge in [0.25, 0.3) is 0 Å². The second kappa shape index (κ2) is 6.43. The molecular formula is C14H20FNO3. The highest BCUT2D eigenvalue weighted by Gasteiger charge is 2.40. The smallest absolute Gasteiger partial charge is 0.109 e.